The summed E-state index contributed by atoms with van der Waals surface area (Å²) in [5, 5.41) is 12.4. The number of carbonyl (C=O) groups is 1. The molecule has 0 unspecified atom stereocenters. The third-order valence-corrected chi connectivity index (χ3v) is 3.26. The second kappa shape index (κ2) is 5.66. The van der Waals surface area contributed by atoms with Gasteiger partial charge in [-0.1, -0.05) is 30.3 Å². The Morgan fingerprint density at radius 1 is 1.14 bits per heavy atom. The Morgan fingerprint density at radius 3 is 2.71 bits per heavy atom. The standard InChI is InChI=1S/C16H15N3O2/c20-14-8-4-1-5-11(14)9-10-15(21)19-16-17-12-6-2-3-7-13(12)18-16/h1-8,20H,9-10H2,(H2,17,18,19,21). The molecule has 2 aromatic carbocycles. The molecule has 21 heavy (non-hydrogen) atoms. The summed E-state index contributed by atoms with van der Waals surface area (Å²) in [6.07, 6.45) is 0.771. The number of nitrogens with zero attached hydrogens (tertiary/aromatic N) is 1. The fourth-order valence-corrected chi connectivity index (χ4v) is 2.18. The number of rotatable bonds is 4. The summed E-state index contributed by atoms with van der Waals surface area (Å²) in [7, 11) is 0. The molecule has 0 radical (unpaired) electrons. The van der Waals surface area contributed by atoms with Gasteiger partial charge in [0, 0.05) is 6.42 Å². The molecule has 0 atom stereocenters. The first-order valence-corrected chi connectivity index (χ1v) is 6.74. The van der Waals surface area contributed by atoms with Crippen molar-refractivity contribution in [1.29, 1.82) is 0 Å². The van der Waals surface area contributed by atoms with Crippen molar-refractivity contribution >= 4 is 22.9 Å². The van der Waals surface area contributed by atoms with Crippen molar-refractivity contribution in [1.82, 2.24) is 9.97 Å². The van der Waals surface area contributed by atoms with E-state index >= 15 is 0 Å². The zero-order valence-corrected chi connectivity index (χ0v) is 11.3. The van der Waals surface area contributed by atoms with Crippen molar-refractivity contribution in [3.05, 3.63) is 54.1 Å². The van der Waals surface area contributed by atoms with Crippen LogP contribution in [0.4, 0.5) is 5.95 Å². The van der Waals surface area contributed by atoms with Crippen LogP contribution in [0.5, 0.6) is 5.75 Å². The number of fused-ring (bicyclic) bond motifs is 1. The summed E-state index contributed by atoms with van der Waals surface area (Å²) < 4.78 is 0. The fourth-order valence-electron chi connectivity index (χ4n) is 2.18. The quantitative estimate of drug-likeness (QED) is 0.688. The number of benzene rings is 2. The number of para-hydroxylation sites is 3. The van der Waals surface area contributed by atoms with Gasteiger partial charge in [-0.25, -0.2) is 4.98 Å². The highest BCUT2D eigenvalue weighted by molar-refractivity contribution is 5.91. The monoisotopic (exact) mass is 281 g/mol. The van der Waals surface area contributed by atoms with E-state index in [2.05, 4.69) is 15.3 Å². The van der Waals surface area contributed by atoms with E-state index < -0.39 is 0 Å². The summed E-state index contributed by atoms with van der Waals surface area (Å²) in [6.45, 7) is 0. The normalized spacial score (nSPS) is 10.7. The molecule has 106 valence electrons. The van der Waals surface area contributed by atoms with Crippen LogP contribution >= 0.6 is 0 Å². The lowest BCUT2D eigenvalue weighted by Crippen LogP contribution is -2.13. The summed E-state index contributed by atoms with van der Waals surface area (Å²) in [5.41, 5.74) is 2.46. The average Bonchev–Trinajstić information content (AvgIpc) is 2.88. The number of anilines is 1. The Kier molecular flexibility index (Phi) is 3.55. The molecule has 0 aliphatic rings. The maximum atomic E-state index is 11.9. The van der Waals surface area contributed by atoms with Gasteiger partial charge in [0.2, 0.25) is 11.9 Å². The van der Waals surface area contributed by atoms with Crippen molar-refractivity contribution in [2.45, 2.75) is 12.8 Å². The van der Waals surface area contributed by atoms with Crippen molar-refractivity contribution in [2.75, 3.05) is 5.32 Å². The molecule has 0 saturated heterocycles. The number of imidazole rings is 1. The van der Waals surface area contributed by atoms with Gasteiger partial charge in [0.1, 0.15) is 5.75 Å². The summed E-state index contributed by atoms with van der Waals surface area (Å²) in [5.74, 6) is 0.518. The molecule has 0 spiro atoms. The van der Waals surface area contributed by atoms with Gasteiger partial charge >= 0.3 is 0 Å². The van der Waals surface area contributed by atoms with E-state index in [-0.39, 0.29) is 18.1 Å². The maximum absolute atomic E-state index is 11.9. The number of aromatic amines is 1. The SMILES string of the molecule is O=C(CCc1ccccc1O)Nc1nc2ccccc2[nH]1. The van der Waals surface area contributed by atoms with E-state index in [0.29, 0.717) is 12.4 Å². The van der Waals surface area contributed by atoms with E-state index in [1.54, 1.807) is 12.1 Å². The van der Waals surface area contributed by atoms with Crippen LogP contribution in [0.1, 0.15) is 12.0 Å². The highest BCUT2D eigenvalue weighted by atomic mass is 16.3. The van der Waals surface area contributed by atoms with Crippen molar-refractivity contribution in [3.8, 4) is 5.75 Å². The largest absolute Gasteiger partial charge is 0.508 e. The summed E-state index contributed by atoms with van der Waals surface area (Å²) in [6, 6.07) is 14.6. The molecule has 0 fully saturated rings. The molecule has 0 aliphatic carbocycles. The number of aromatic nitrogens is 2. The van der Waals surface area contributed by atoms with Crippen molar-refractivity contribution in [2.24, 2.45) is 0 Å². The minimum absolute atomic E-state index is 0.141. The second-order valence-electron chi connectivity index (χ2n) is 4.78. The van der Waals surface area contributed by atoms with Crippen LogP contribution in [0.3, 0.4) is 0 Å². The molecule has 0 aliphatic heterocycles. The number of aryl methyl sites for hydroxylation is 1. The molecule has 1 aromatic heterocycles. The van der Waals surface area contributed by atoms with Crippen LogP contribution in [0.2, 0.25) is 0 Å². The molecular weight excluding hydrogens is 266 g/mol. The van der Waals surface area contributed by atoms with Crippen molar-refractivity contribution < 1.29 is 9.90 Å². The third-order valence-electron chi connectivity index (χ3n) is 3.26. The number of aromatic hydroxyl groups is 1. The van der Waals surface area contributed by atoms with Crippen LogP contribution in [0, 0.1) is 0 Å². The molecule has 5 nitrogen and oxygen atoms in total. The number of hydrogen-bond acceptors (Lipinski definition) is 3. The Bertz CT molecular complexity index is 747. The molecule has 1 heterocycles. The van der Waals surface area contributed by atoms with Gasteiger partial charge in [-0.2, -0.15) is 0 Å². The number of phenols is 1. The maximum Gasteiger partial charge on any atom is 0.227 e. The second-order valence-corrected chi connectivity index (χ2v) is 4.78. The molecule has 3 rings (SSSR count). The van der Waals surface area contributed by atoms with Crippen LogP contribution in [-0.2, 0) is 11.2 Å². The number of hydrogen-bond donors (Lipinski definition) is 3. The molecule has 1 amide bonds. The Labute approximate surface area is 121 Å². The lowest BCUT2D eigenvalue weighted by molar-refractivity contribution is -0.116. The first kappa shape index (κ1) is 13.2. The molecule has 3 N–H and O–H groups in total. The van der Waals surface area contributed by atoms with E-state index in [0.717, 1.165) is 16.6 Å². The zero-order chi connectivity index (χ0) is 14.7. The van der Waals surface area contributed by atoms with E-state index in [9.17, 15) is 9.90 Å². The first-order valence-electron chi connectivity index (χ1n) is 6.74. The molecule has 5 heteroatoms. The predicted octanol–water partition coefficient (Wildman–Crippen LogP) is 2.84. The van der Waals surface area contributed by atoms with Crippen LogP contribution < -0.4 is 5.32 Å². The summed E-state index contributed by atoms with van der Waals surface area (Å²) in [4.78, 5) is 19.3. The van der Waals surface area contributed by atoms with Gasteiger partial charge in [-0.05, 0) is 30.2 Å². The Hall–Kier alpha value is -2.82. The number of amides is 1. The highest BCUT2D eigenvalue weighted by Gasteiger charge is 2.08. The van der Waals surface area contributed by atoms with Gasteiger partial charge in [-0.3, -0.25) is 10.1 Å². The average molecular weight is 281 g/mol. The third kappa shape index (κ3) is 3.02. The molecule has 0 saturated carbocycles. The molecular formula is C16H15N3O2. The Morgan fingerprint density at radius 2 is 1.90 bits per heavy atom. The number of nitrogens with one attached hydrogen (secondary N) is 2. The van der Waals surface area contributed by atoms with Gasteiger partial charge in [0.15, 0.2) is 0 Å². The van der Waals surface area contributed by atoms with Crippen LogP contribution in [0.15, 0.2) is 48.5 Å². The number of carbonyl (C=O) groups excluding carboxylic acids is 1. The van der Waals surface area contributed by atoms with E-state index in [1.807, 2.05) is 36.4 Å². The van der Waals surface area contributed by atoms with Crippen LogP contribution in [0.25, 0.3) is 11.0 Å². The predicted molar refractivity (Wildman–Crippen MR) is 81.2 cm³/mol. The minimum Gasteiger partial charge on any atom is -0.508 e. The van der Waals surface area contributed by atoms with E-state index in [1.165, 1.54) is 0 Å². The van der Waals surface area contributed by atoms with Gasteiger partial charge in [0.05, 0.1) is 11.0 Å². The topological polar surface area (TPSA) is 78.0 Å². The zero-order valence-electron chi connectivity index (χ0n) is 11.3. The van der Waals surface area contributed by atoms with Crippen molar-refractivity contribution in [3.63, 3.8) is 0 Å². The van der Waals surface area contributed by atoms with Gasteiger partial charge in [0.25, 0.3) is 0 Å². The molecule has 3 aromatic rings. The number of phenolic OH excluding ortho intramolecular Hbond substituents is 1. The van der Waals surface area contributed by atoms with Gasteiger partial charge in [-0.15, -0.1) is 0 Å². The fraction of sp³-hybridized carbons (Fsp3) is 0.125. The van der Waals surface area contributed by atoms with Gasteiger partial charge < -0.3 is 10.1 Å². The lowest BCUT2D eigenvalue weighted by atomic mass is 10.1. The molecule has 0 bridgehead atoms. The lowest BCUT2D eigenvalue weighted by Gasteiger charge is -2.04. The van der Waals surface area contributed by atoms with E-state index in [4.69, 9.17) is 0 Å². The highest BCUT2D eigenvalue weighted by Crippen LogP contribution is 2.18. The van der Waals surface area contributed by atoms with Crippen LogP contribution in [-0.4, -0.2) is 21.0 Å². The Balaban J connectivity index is 1.62. The summed E-state index contributed by atoms with van der Waals surface area (Å²) >= 11 is 0. The smallest absolute Gasteiger partial charge is 0.227 e. The minimum atomic E-state index is -0.141. The first-order chi connectivity index (χ1) is 10.2. The number of H-pyrrole nitrogens is 1.